The van der Waals surface area contributed by atoms with Gasteiger partial charge in [-0.05, 0) is 6.92 Å². The Balaban J connectivity index is 3.88. The maximum atomic E-state index is 11.1. The summed E-state index contributed by atoms with van der Waals surface area (Å²) in [7, 11) is 0. The number of rotatable bonds is 6. The number of thiocarbonyl (C=S) groups is 1. The van der Waals surface area contributed by atoms with E-state index in [2.05, 4.69) is 17.5 Å². The molecule has 0 aliphatic heterocycles. The molecule has 0 aliphatic carbocycles. The molecule has 1 atom stereocenters. The topological polar surface area (TPSA) is 116 Å². The summed E-state index contributed by atoms with van der Waals surface area (Å²) >= 11 is 4.57. The second kappa shape index (κ2) is 6.85. The van der Waals surface area contributed by atoms with Crippen molar-refractivity contribution in [2.24, 2.45) is 0 Å². The van der Waals surface area contributed by atoms with Crippen molar-refractivity contribution < 1.29 is 24.6 Å². The summed E-state index contributed by atoms with van der Waals surface area (Å²) in [5.41, 5.74) is 0. The van der Waals surface area contributed by atoms with Crippen molar-refractivity contribution in [1.82, 2.24) is 10.6 Å². The fraction of sp³-hybridized carbons (Fsp3) is 0.500. The van der Waals surface area contributed by atoms with E-state index in [4.69, 9.17) is 10.2 Å². The average molecular weight is 248 g/mol. The van der Waals surface area contributed by atoms with Crippen molar-refractivity contribution in [3.05, 3.63) is 0 Å². The van der Waals surface area contributed by atoms with Crippen molar-refractivity contribution in [3.63, 3.8) is 0 Å². The largest absolute Gasteiger partial charge is 0.480 e. The van der Waals surface area contributed by atoms with Crippen LogP contribution in [-0.4, -0.2) is 52.1 Å². The molecule has 1 unspecified atom stereocenters. The van der Waals surface area contributed by atoms with Gasteiger partial charge in [0.05, 0.1) is 12.6 Å². The van der Waals surface area contributed by atoms with Gasteiger partial charge in [0.2, 0.25) is 5.91 Å². The van der Waals surface area contributed by atoms with E-state index in [0.717, 1.165) is 0 Å². The van der Waals surface area contributed by atoms with Crippen molar-refractivity contribution in [2.45, 2.75) is 13.0 Å². The van der Waals surface area contributed by atoms with Crippen LogP contribution in [0.4, 0.5) is 0 Å². The molecule has 0 aliphatic rings. The summed E-state index contributed by atoms with van der Waals surface area (Å²) in [5, 5.41) is 21.4. The molecule has 0 bridgehead atoms. The van der Waals surface area contributed by atoms with E-state index in [-0.39, 0.29) is 11.4 Å². The Labute approximate surface area is 96.8 Å². The fourth-order valence-electron chi connectivity index (χ4n) is 0.674. The number of hydrogen-bond acceptors (Lipinski definition) is 5. The number of amides is 2. The molecule has 0 saturated heterocycles. The minimum Gasteiger partial charge on any atom is -0.480 e. The van der Waals surface area contributed by atoms with Crippen LogP contribution < -0.4 is 10.6 Å². The number of aliphatic hydroxyl groups excluding tert-OH is 1. The molecule has 8 heteroatoms. The smallest absolute Gasteiger partial charge is 0.322 e. The summed E-state index contributed by atoms with van der Waals surface area (Å²) in [6.45, 7) is 0.418. The summed E-state index contributed by atoms with van der Waals surface area (Å²) < 4.78 is 0. The second-order valence-corrected chi connectivity index (χ2v) is 3.33. The number of nitrogens with one attached hydrogen (secondary N) is 2. The van der Waals surface area contributed by atoms with Crippen LogP contribution in [0.1, 0.15) is 6.92 Å². The Bertz CT molecular complexity index is 316. The number of aliphatic hydroxyl groups is 1. The molecule has 2 amide bonds. The standard InChI is InChI=1S/C8H12N2O5S/c1-4(11)7(16)8(15)10-2-5(12)9-3-6(13)14/h4,11H,2-3H2,1H3,(H,9,12)(H,10,15)(H,13,14). The predicted molar refractivity (Wildman–Crippen MR) is 57.9 cm³/mol. The van der Waals surface area contributed by atoms with Gasteiger partial charge < -0.3 is 20.8 Å². The molecule has 0 spiro atoms. The third-order valence-electron chi connectivity index (χ3n) is 1.45. The highest BCUT2D eigenvalue weighted by Gasteiger charge is 2.15. The molecule has 0 fully saturated rings. The highest BCUT2D eigenvalue weighted by Crippen LogP contribution is 1.87. The Morgan fingerprint density at radius 1 is 1.25 bits per heavy atom. The molecule has 4 N–H and O–H groups in total. The monoisotopic (exact) mass is 248 g/mol. The van der Waals surface area contributed by atoms with Crippen molar-refractivity contribution in [2.75, 3.05) is 13.1 Å². The first-order valence-electron chi connectivity index (χ1n) is 4.33. The van der Waals surface area contributed by atoms with Gasteiger partial charge in [0, 0.05) is 0 Å². The molecular formula is C8H12N2O5S. The van der Waals surface area contributed by atoms with E-state index in [1.54, 1.807) is 0 Å². The first-order valence-corrected chi connectivity index (χ1v) is 4.74. The van der Waals surface area contributed by atoms with E-state index in [1.807, 2.05) is 5.32 Å². The molecule has 0 radical (unpaired) electrons. The Hall–Kier alpha value is -1.54. The minimum atomic E-state index is -1.18. The summed E-state index contributed by atoms with van der Waals surface area (Å²) in [6.07, 6.45) is -1.07. The van der Waals surface area contributed by atoms with Crippen LogP contribution in [0, 0.1) is 0 Å². The predicted octanol–water partition coefficient (Wildman–Crippen LogP) is -1.95. The SMILES string of the molecule is CC(O)C(=S)C(=O)NCC(=O)NCC(=O)O. The van der Waals surface area contributed by atoms with E-state index in [1.165, 1.54) is 6.92 Å². The van der Waals surface area contributed by atoms with Gasteiger partial charge in [0.25, 0.3) is 5.91 Å². The number of carbonyl (C=O) groups is 3. The van der Waals surface area contributed by atoms with E-state index in [9.17, 15) is 14.4 Å². The van der Waals surface area contributed by atoms with Gasteiger partial charge in [0.15, 0.2) is 0 Å². The lowest BCUT2D eigenvalue weighted by Crippen LogP contribution is -2.42. The van der Waals surface area contributed by atoms with Gasteiger partial charge in [-0.15, -0.1) is 0 Å². The summed E-state index contributed by atoms with van der Waals surface area (Å²) in [4.78, 5) is 31.9. The zero-order chi connectivity index (χ0) is 12.7. The molecule has 0 aromatic heterocycles. The van der Waals surface area contributed by atoms with E-state index < -0.39 is 30.4 Å². The van der Waals surface area contributed by atoms with Gasteiger partial charge in [-0.1, -0.05) is 12.2 Å². The lowest BCUT2D eigenvalue weighted by Gasteiger charge is -2.07. The maximum absolute atomic E-state index is 11.1. The van der Waals surface area contributed by atoms with Crippen molar-refractivity contribution in [3.8, 4) is 0 Å². The zero-order valence-corrected chi connectivity index (χ0v) is 9.34. The Kier molecular flexibility index (Phi) is 6.19. The van der Waals surface area contributed by atoms with Gasteiger partial charge in [-0.3, -0.25) is 14.4 Å². The lowest BCUT2D eigenvalue weighted by molar-refractivity contribution is -0.137. The van der Waals surface area contributed by atoms with E-state index in [0.29, 0.717) is 0 Å². The molecule has 0 aromatic rings. The first-order chi connectivity index (χ1) is 7.34. The Morgan fingerprint density at radius 2 is 1.81 bits per heavy atom. The van der Waals surface area contributed by atoms with E-state index >= 15 is 0 Å². The zero-order valence-electron chi connectivity index (χ0n) is 8.52. The molecule has 0 saturated carbocycles. The first kappa shape index (κ1) is 14.5. The van der Waals surface area contributed by atoms with Crippen LogP contribution in [0.5, 0.6) is 0 Å². The quantitative estimate of drug-likeness (QED) is 0.406. The fourth-order valence-corrected chi connectivity index (χ4v) is 0.746. The van der Waals surface area contributed by atoms with Gasteiger partial charge in [-0.25, -0.2) is 0 Å². The molecule has 16 heavy (non-hydrogen) atoms. The highest BCUT2D eigenvalue weighted by atomic mass is 32.1. The normalized spacial score (nSPS) is 11.4. The van der Waals surface area contributed by atoms with Gasteiger partial charge >= 0.3 is 5.97 Å². The number of hydrogen-bond donors (Lipinski definition) is 4. The molecule has 90 valence electrons. The number of carboxylic acid groups (broad SMARTS) is 1. The highest BCUT2D eigenvalue weighted by molar-refractivity contribution is 7.82. The van der Waals surface area contributed by atoms with Crippen LogP contribution >= 0.6 is 12.2 Å². The third-order valence-corrected chi connectivity index (χ3v) is 1.98. The van der Waals surface area contributed by atoms with Crippen molar-refractivity contribution in [1.29, 1.82) is 0 Å². The molecule has 0 rings (SSSR count). The van der Waals surface area contributed by atoms with Crippen LogP contribution in [0.15, 0.2) is 0 Å². The third kappa shape index (κ3) is 6.04. The average Bonchev–Trinajstić information content (AvgIpc) is 2.21. The number of aliphatic carboxylic acids is 1. The number of carbonyl (C=O) groups excluding carboxylic acids is 2. The molecule has 0 aromatic carbocycles. The van der Waals surface area contributed by atoms with Gasteiger partial charge in [-0.2, -0.15) is 0 Å². The summed E-state index contributed by atoms with van der Waals surface area (Å²) in [5.74, 6) is -2.56. The second-order valence-electron chi connectivity index (χ2n) is 2.89. The Morgan fingerprint density at radius 3 is 2.25 bits per heavy atom. The minimum absolute atomic E-state index is 0.231. The van der Waals surface area contributed by atoms with Crippen LogP contribution in [-0.2, 0) is 14.4 Å². The summed E-state index contributed by atoms with van der Waals surface area (Å²) in [6, 6.07) is 0. The molecular weight excluding hydrogens is 236 g/mol. The lowest BCUT2D eigenvalue weighted by atomic mass is 10.2. The van der Waals surface area contributed by atoms with Crippen LogP contribution in [0.2, 0.25) is 0 Å². The molecule has 0 heterocycles. The van der Waals surface area contributed by atoms with Crippen molar-refractivity contribution >= 4 is 34.9 Å². The van der Waals surface area contributed by atoms with Crippen LogP contribution in [0.3, 0.4) is 0 Å². The molecule has 7 nitrogen and oxygen atoms in total. The maximum Gasteiger partial charge on any atom is 0.322 e. The number of carboxylic acids is 1. The van der Waals surface area contributed by atoms with Crippen LogP contribution in [0.25, 0.3) is 0 Å². The van der Waals surface area contributed by atoms with Gasteiger partial charge in [0.1, 0.15) is 11.4 Å².